The summed E-state index contributed by atoms with van der Waals surface area (Å²) in [4.78, 5) is 27.2. The molecule has 2 heterocycles. The maximum atomic E-state index is 13.6. The molecule has 0 unspecified atom stereocenters. The average Bonchev–Trinajstić information content (AvgIpc) is 2.98. The van der Waals surface area contributed by atoms with Crippen molar-refractivity contribution >= 4 is 65.0 Å². The van der Waals surface area contributed by atoms with Crippen molar-refractivity contribution in [2.75, 3.05) is 0 Å². The summed E-state index contributed by atoms with van der Waals surface area (Å²) in [6.07, 6.45) is 2.20. The summed E-state index contributed by atoms with van der Waals surface area (Å²) in [5.74, 6) is -0.875. The molecule has 2 aliphatic heterocycles. The van der Waals surface area contributed by atoms with Gasteiger partial charge in [-0.25, -0.2) is 0 Å². The van der Waals surface area contributed by atoms with Crippen LogP contribution in [0, 0.1) is 33.5 Å². The first-order valence-electron chi connectivity index (χ1n) is 15.0. The Hall–Kier alpha value is -3.02. The normalized spacial score (nSPS) is 23.7. The number of carbonyl (C=O) groups is 2. The Morgan fingerprint density at radius 1 is 0.652 bits per heavy atom. The van der Waals surface area contributed by atoms with Gasteiger partial charge in [0.05, 0.1) is 45.2 Å². The topological polar surface area (TPSA) is 106 Å². The monoisotopic (exact) mass is 774 g/mol. The number of nitrogens with one attached hydrogen (secondary N) is 2. The van der Waals surface area contributed by atoms with E-state index in [1.807, 2.05) is 48.5 Å². The number of nitriles is 2. The molecule has 4 aliphatic rings. The van der Waals surface area contributed by atoms with Gasteiger partial charge in [-0.05, 0) is 80.7 Å². The number of ketones is 2. The molecular formula is C36H32Br2N4O2S2. The van der Waals surface area contributed by atoms with Crippen LogP contribution in [-0.2, 0) is 9.59 Å². The van der Waals surface area contributed by atoms with Gasteiger partial charge < -0.3 is 10.6 Å². The second-order valence-electron chi connectivity index (χ2n) is 13.8. The SMILES string of the molecule is CC1(C)CC(=O)C2=C(C1)NC(SSC1=C(C#N)[C@H](c3ccc(Br)cc3)C3=C(CC(C)(C)CC3=O)N1)=C(C#N)[C@H]2c1ccc(Br)cc1. The number of nitrogens with zero attached hydrogens (tertiary/aromatic N) is 2. The highest BCUT2D eigenvalue weighted by molar-refractivity contribution is 9.10. The van der Waals surface area contributed by atoms with Crippen molar-refractivity contribution in [3.8, 4) is 12.1 Å². The Morgan fingerprint density at radius 2 is 1.00 bits per heavy atom. The molecule has 234 valence electrons. The first-order valence-corrected chi connectivity index (χ1v) is 18.7. The zero-order chi connectivity index (χ0) is 33.0. The van der Waals surface area contributed by atoms with Crippen LogP contribution in [0.5, 0.6) is 0 Å². The first-order chi connectivity index (χ1) is 21.8. The lowest BCUT2D eigenvalue weighted by atomic mass is 9.69. The van der Waals surface area contributed by atoms with E-state index in [0.29, 0.717) is 58.0 Å². The first kappa shape index (κ1) is 32.9. The molecule has 0 saturated carbocycles. The molecule has 0 spiro atoms. The van der Waals surface area contributed by atoms with Crippen molar-refractivity contribution in [1.82, 2.24) is 10.6 Å². The fourth-order valence-corrected chi connectivity index (χ4v) is 9.76. The van der Waals surface area contributed by atoms with E-state index in [0.717, 1.165) is 31.5 Å². The van der Waals surface area contributed by atoms with Crippen molar-refractivity contribution in [3.63, 3.8) is 0 Å². The van der Waals surface area contributed by atoms with Gasteiger partial charge in [-0.3, -0.25) is 9.59 Å². The lowest BCUT2D eigenvalue weighted by Crippen LogP contribution is -2.37. The lowest BCUT2D eigenvalue weighted by Gasteiger charge is -2.40. The molecule has 2 atom stereocenters. The van der Waals surface area contributed by atoms with Gasteiger partial charge in [-0.1, -0.05) is 83.8 Å². The standard InChI is InChI=1S/C36H32Br2N4O2S2/c1-35(2)13-25-31(27(43)15-35)29(19-5-9-21(37)10-6-19)23(17-39)33(41-25)45-46-34-24(18-40)30(20-7-11-22(38)12-8-20)32-26(42-34)14-36(3,4)16-28(32)44/h5-12,29-30,41-42H,13-16H2,1-4H3/t29-,30+. The third-order valence-electron chi connectivity index (χ3n) is 8.87. The predicted molar refractivity (Wildman–Crippen MR) is 191 cm³/mol. The van der Waals surface area contributed by atoms with Crippen LogP contribution in [-0.4, -0.2) is 11.6 Å². The number of dihydropyridines is 2. The summed E-state index contributed by atoms with van der Waals surface area (Å²) in [6.45, 7) is 8.36. The van der Waals surface area contributed by atoms with E-state index in [4.69, 9.17) is 0 Å². The highest BCUT2D eigenvalue weighted by Gasteiger charge is 2.44. The number of hydrogen-bond acceptors (Lipinski definition) is 8. The van der Waals surface area contributed by atoms with Crippen molar-refractivity contribution in [3.05, 3.63) is 112 Å². The molecule has 2 aromatic carbocycles. The summed E-state index contributed by atoms with van der Waals surface area (Å²) in [7, 11) is 2.75. The Bertz CT molecular complexity index is 1740. The average molecular weight is 777 g/mol. The molecule has 6 rings (SSSR count). The second kappa shape index (κ2) is 12.5. The van der Waals surface area contributed by atoms with E-state index in [9.17, 15) is 20.1 Å². The smallest absolute Gasteiger partial charge is 0.162 e. The van der Waals surface area contributed by atoms with Gasteiger partial charge >= 0.3 is 0 Å². The molecule has 0 aromatic heterocycles. The molecule has 10 heteroatoms. The number of hydrogen-bond donors (Lipinski definition) is 2. The van der Waals surface area contributed by atoms with E-state index in [-0.39, 0.29) is 22.4 Å². The van der Waals surface area contributed by atoms with Crippen LogP contribution in [0.15, 0.2) is 101 Å². The molecule has 0 bridgehead atoms. The Kier molecular flexibility index (Phi) is 8.97. The van der Waals surface area contributed by atoms with Crippen molar-refractivity contribution in [2.45, 2.75) is 65.2 Å². The molecule has 0 saturated heterocycles. The third kappa shape index (κ3) is 6.30. The van der Waals surface area contributed by atoms with E-state index in [2.05, 4.69) is 82.3 Å². The Balaban J connectivity index is 1.42. The molecule has 46 heavy (non-hydrogen) atoms. The largest absolute Gasteiger partial charge is 0.352 e. The van der Waals surface area contributed by atoms with Crippen LogP contribution in [0.4, 0.5) is 0 Å². The minimum absolute atomic E-state index is 0.0564. The lowest BCUT2D eigenvalue weighted by molar-refractivity contribution is -0.119. The number of allylic oxidation sites excluding steroid dienone is 6. The van der Waals surface area contributed by atoms with Gasteiger partial charge in [0, 0.05) is 44.3 Å². The summed E-state index contributed by atoms with van der Waals surface area (Å²) >= 11 is 7.02. The number of benzene rings is 2. The number of Topliss-reactive ketones (excluding diaryl/α,β-unsaturated/α-hetero) is 2. The minimum Gasteiger partial charge on any atom is -0.352 e. The van der Waals surface area contributed by atoms with Crippen LogP contribution in [0.1, 0.15) is 76.3 Å². The number of halogens is 2. The van der Waals surface area contributed by atoms with E-state index >= 15 is 0 Å². The minimum atomic E-state index is -0.494. The summed E-state index contributed by atoms with van der Waals surface area (Å²) < 4.78 is 1.83. The Labute approximate surface area is 294 Å². The van der Waals surface area contributed by atoms with Gasteiger partial charge in [0.15, 0.2) is 11.6 Å². The quantitative estimate of drug-likeness (QED) is 0.290. The zero-order valence-corrected chi connectivity index (χ0v) is 30.7. The summed E-state index contributed by atoms with van der Waals surface area (Å²) in [5, 5.41) is 29.4. The van der Waals surface area contributed by atoms with Crippen LogP contribution in [0.2, 0.25) is 0 Å². The summed E-state index contributed by atoms with van der Waals surface area (Å²) in [5.41, 5.74) is 5.28. The fourth-order valence-electron chi connectivity index (χ4n) is 6.94. The van der Waals surface area contributed by atoms with Gasteiger partial charge in [0.1, 0.15) is 0 Å². The molecule has 0 radical (unpaired) electrons. The van der Waals surface area contributed by atoms with E-state index in [1.54, 1.807) is 0 Å². The van der Waals surface area contributed by atoms with Gasteiger partial charge in [-0.15, -0.1) is 0 Å². The third-order valence-corrected chi connectivity index (χ3v) is 12.2. The van der Waals surface area contributed by atoms with Crippen LogP contribution in [0.25, 0.3) is 0 Å². The van der Waals surface area contributed by atoms with Crippen LogP contribution in [0.3, 0.4) is 0 Å². The van der Waals surface area contributed by atoms with Crippen molar-refractivity contribution < 1.29 is 9.59 Å². The highest BCUT2D eigenvalue weighted by Crippen LogP contribution is 2.53. The van der Waals surface area contributed by atoms with Crippen LogP contribution < -0.4 is 10.6 Å². The summed E-state index contributed by atoms with van der Waals surface area (Å²) in [6, 6.07) is 20.4. The van der Waals surface area contributed by atoms with E-state index in [1.165, 1.54) is 21.6 Å². The fraction of sp³-hybridized carbons (Fsp3) is 0.333. The van der Waals surface area contributed by atoms with E-state index < -0.39 is 11.8 Å². The van der Waals surface area contributed by atoms with Crippen molar-refractivity contribution in [1.29, 1.82) is 10.5 Å². The maximum absolute atomic E-state index is 13.6. The molecule has 2 N–H and O–H groups in total. The predicted octanol–water partition coefficient (Wildman–Crippen LogP) is 9.42. The molecule has 2 aliphatic carbocycles. The molecule has 0 amide bonds. The Morgan fingerprint density at radius 3 is 1.33 bits per heavy atom. The molecule has 6 nitrogen and oxygen atoms in total. The van der Waals surface area contributed by atoms with Crippen molar-refractivity contribution in [2.24, 2.45) is 10.8 Å². The molecule has 2 aromatic rings. The highest BCUT2D eigenvalue weighted by atomic mass is 79.9. The van der Waals surface area contributed by atoms with Crippen LogP contribution >= 0.6 is 53.4 Å². The number of rotatable bonds is 5. The van der Waals surface area contributed by atoms with Gasteiger partial charge in [0.25, 0.3) is 0 Å². The molecular weight excluding hydrogens is 744 g/mol. The zero-order valence-electron chi connectivity index (χ0n) is 25.9. The number of carbonyl (C=O) groups excluding carboxylic acids is 2. The maximum Gasteiger partial charge on any atom is 0.162 e. The van der Waals surface area contributed by atoms with Gasteiger partial charge in [0.2, 0.25) is 0 Å². The molecule has 0 fully saturated rings. The second-order valence-corrected chi connectivity index (χ2v) is 17.7. The van der Waals surface area contributed by atoms with Gasteiger partial charge in [-0.2, -0.15) is 10.5 Å².